The minimum Gasteiger partial charge on any atom is -0.505 e. The lowest BCUT2D eigenvalue weighted by molar-refractivity contribution is -0.140. The summed E-state index contributed by atoms with van der Waals surface area (Å²) in [7, 11) is 0. The number of likely N-dealkylation sites (tertiary alicyclic amines) is 1. The quantitative estimate of drug-likeness (QED) is 0.343. The molecule has 8 nitrogen and oxygen atoms in total. The van der Waals surface area contributed by atoms with E-state index in [1.165, 1.54) is 4.90 Å². The van der Waals surface area contributed by atoms with E-state index in [9.17, 15) is 14.7 Å². The maximum absolute atomic E-state index is 13.3. The highest BCUT2D eigenvalue weighted by Crippen LogP contribution is 2.40. The van der Waals surface area contributed by atoms with Gasteiger partial charge < -0.3 is 14.7 Å². The number of carbonyl (C=O) groups excluding carboxylic acids is 2. The minimum absolute atomic E-state index is 0.0444. The molecular weight excluding hydrogens is 456 g/mol. The average Bonchev–Trinajstić information content (AvgIpc) is 3.31. The van der Waals surface area contributed by atoms with Crippen LogP contribution in [0.5, 0.6) is 0 Å². The molecule has 3 aromatic rings. The Kier molecular flexibility index (Phi) is 6.12. The van der Waals surface area contributed by atoms with E-state index in [4.69, 9.17) is 16.3 Å². The van der Waals surface area contributed by atoms with Crippen molar-refractivity contribution in [3.63, 3.8) is 0 Å². The van der Waals surface area contributed by atoms with E-state index in [1.807, 2.05) is 24.3 Å². The Morgan fingerprint density at radius 2 is 1.94 bits per heavy atom. The van der Waals surface area contributed by atoms with Gasteiger partial charge in [-0.05, 0) is 36.8 Å². The summed E-state index contributed by atoms with van der Waals surface area (Å²) in [6.45, 7) is 5.53. The Bertz CT molecular complexity index is 1300. The van der Waals surface area contributed by atoms with Gasteiger partial charge in [-0.3, -0.25) is 18.9 Å². The molecule has 2 aromatic heterocycles. The molecule has 0 bridgehead atoms. The number of rotatable bonds is 5. The molecule has 0 unspecified atom stereocenters. The van der Waals surface area contributed by atoms with Crippen LogP contribution in [0.4, 0.5) is 0 Å². The summed E-state index contributed by atoms with van der Waals surface area (Å²) < 4.78 is 7.13. The van der Waals surface area contributed by atoms with E-state index in [0.29, 0.717) is 53.9 Å². The van der Waals surface area contributed by atoms with E-state index in [1.54, 1.807) is 35.7 Å². The molecular formula is C25H25ClN4O4. The second-order valence-corrected chi connectivity index (χ2v) is 8.91. The van der Waals surface area contributed by atoms with Crippen molar-refractivity contribution < 1.29 is 19.4 Å². The van der Waals surface area contributed by atoms with Crippen LogP contribution in [-0.4, -0.2) is 75.4 Å². The number of aliphatic hydroxyl groups is 1. The molecule has 34 heavy (non-hydrogen) atoms. The number of aromatic nitrogens is 2. The SMILES string of the molecule is Cc1nc2ccccn2c1/C(O)=C1\C(=O)C(=O)N(CCN2CCOCC2)[C@@H]1c1cccc(Cl)c1. The number of fused-ring (bicyclic) bond motifs is 1. The zero-order valence-electron chi connectivity index (χ0n) is 18.8. The van der Waals surface area contributed by atoms with Crippen LogP contribution in [0.1, 0.15) is 23.0 Å². The lowest BCUT2D eigenvalue weighted by atomic mass is 9.96. The number of nitrogens with zero attached hydrogens (tertiary/aromatic N) is 4. The fourth-order valence-electron chi connectivity index (χ4n) is 4.73. The first-order chi connectivity index (χ1) is 16.5. The Morgan fingerprint density at radius 3 is 2.71 bits per heavy atom. The standard InChI is InChI=1S/C25H25ClN4O4/c1-16-21(29-8-3-2-7-19(29)27-16)23(31)20-22(17-5-4-6-18(26)15-17)30(25(33)24(20)32)10-9-28-11-13-34-14-12-28/h2-8,15,22,31H,9-14H2,1H3/b23-20+/t22-/m1/s1. The number of morpholine rings is 1. The molecule has 2 saturated heterocycles. The van der Waals surface area contributed by atoms with Crippen molar-refractivity contribution in [2.45, 2.75) is 13.0 Å². The fourth-order valence-corrected chi connectivity index (χ4v) is 4.93. The third-order valence-corrected chi connectivity index (χ3v) is 6.63. The number of carbonyl (C=O) groups is 2. The minimum atomic E-state index is -0.756. The van der Waals surface area contributed by atoms with Crippen molar-refractivity contribution in [1.29, 1.82) is 0 Å². The van der Waals surface area contributed by atoms with E-state index in [0.717, 1.165) is 13.1 Å². The lowest BCUT2D eigenvalue weighted by Crippen LogP contribution is -2.42. The summed E-state index contributed by atoms with van der Waals surface area (Å²) in [6.07, 6.45) is 1.77. The molecule has 0 aliphatic carbocycles. The van der Waals surface area contributed by atoms with Crippen molar-refractivity contribution in [1.82, 2.24) is 19.2 Å². The van der Waals surface area contributed by atoms with Gasteiger partial charge in [0.1, 0.15) is 11.3 Å². The number of pyridine rings is 1. The number of ketones is 1. The van der Waals surface area contributed by atoms with Crippen molar-refractivity contribution in [2.75, 3.05) is 39.4 Å². The number of halogens is 1. The lowest BCUT2D eigenvalue weighted by Gasteiger charge is -2.31. The fraction of sp³-hybridized carbons (Fsp3) is 0.320. The van der Waals surface area contributed by atoms with Crippen LogP contribution in [-0.2, 0) is 14.3 Å². The summed E-state index contributed by atoms with van der Waals surface area (Å²) in [5, 5.41) is 12.0. The summed E-state index contributed by atoms with van der Waals surface area (Å²) in [4.78, 5) is 34.8. The van der Waals surface area contributed by atoms with Gasteiger partial charge in [-0.15, -0.1) is 0 Å². The zero-order chi connectivity index (χ0) is 23.8. The van der Waals surface area contributed by atoms with Crippen LogP contribution in [0.2, 0.25) is 5.02 Å². The maximum Gasteiger partial charge on any atom is 0.295 e. The van der Waals surface area contributed by atoms with Gasteiger partial charge in [-0.25, -0.2) is 4.98 Å². The van der Waals surface area contributed by atoms with E-state index in [-0.39, 0.29) is 11.3 Å². The first-order valence-electron chi connectivity index (χ1n) is 11.2. The highest BCUT2D eigenvalue weighted by molar-refractivity contribution is 6.46. The Balaban J connectivity index is 1.61. The number of ether oxygens (including phenoxy) is 1. The monoisotopic (exact) mass is 480 g/mol. The van der Waals surface area contributed by atoms with Gasteiger partial charge in [0.2, 0.25) is 0 Å². The molecule has 0 spiro atoms. The highest BCUT2D eigenvalue weighted by Gasteiger charge is 2.46. The molecule has 5 rings (SSSR count). The topological polar surface area (TPSA) is 87.4 Å². The number of benzene rings is 1. The van der Waals surface area contributed by atoms with Gasteiger partial charge in [0, 0.05) is 37.4 Å². The van der Waals surface area contributed by atoms with Gasteiger partial charge in [-0.1, -0.05) is 29.8 Å². The van der Waals surface area contributed by atoms with E-state index in [2.05, 4.69) is 9.88 Å². The smallest absolute Gasteiger partial charge is 0.295 e. The number of aliphatic hydroxyl groups excluding tert-OH is 1. The maximum atomic E-state index is 13.3. The highest BCUT2D eigenvalue weighted by atomic mass is 35.5. The van der Waals surface area contributed by atoms with Gasteiger partial charge in [0.05, 0.1) is 30.5 Å². The normalized spacial score (nSPS) is 21.0. The average molecular weight is 481 g/mol. The third-order valence-electron chi connectivity index (χ3n) is 6.39. The molecule has 1 aromatic carbocycles. The molecule has 9 heteroatoms. The number of Topliss-reactive ketones (excluding diaryl/α,β-unsaturated/α-hetero) is 1. The van der Waals surface area contributed by atoms with Crippen LogP contribution in [0.3, 0.4) is 0 Å². The first kappa shape index (κ1) is 22.6. The predicted molar refractivity (Wildman–Crippen MR) is 128 cm³/mol. The van der Waals surface area contributed by atoms with Crippen LogP contribution in [0.25, 0.3) is 11.4 Å². The van der Waals surface area contributed by atoms with Crippen molar-refractivity contribution in [3.05, 3.63) is 76.2 Å². The predicted octanol–water partition coefficient (Wildman–Crippen LogP) is 3.05. The number of amides is 1. The third kappa shape index (κ3) is 3.98. The zero-order valence-corrected chi connectivity index (χ0v) is 19.5. The second-order valence-electron chi connectivity index (χ2n) is 8.48. The molecule has 1 amide bonds. The van der Waals surface area contributed by atoms with Gasteiger partial charge >= 0.3 is 0 Å². The van der Waals surface area contributed by atoms with Crippen LogP contribution >= 0.6 is 11.6 Å². The van der Waals surface area contributed by atoms with Crippen molar-refractivity contribution >= 4 is 34.7 Å². The van der Waals surface area contributed by atoms with Gasteiger partial charge in [0.15, 0.2) is 5.76 Å². The largest absolute Gasteiger partial charge is 0.505 e. The van der Waals surface area contributed by atoms with Gasteiger partial charge in [-0.2, -0.15) is 0 Å². The number of imidazole rings is 1. The molecule has 1 N–H and O–H groups in total. The van der Waals surface area contributed by atoms with Crippen molar-refractivity contribution in [3.8, 4) is 0 Å². The molecule has 4 heterocycles. The molecule has 2 fully saturated rings. The van der Waals surface area contributed by atoms with Crippen molar-refractivity contribution in [2.24, 2.45) is 0 Å². The molecule has 0 saturated carbocycles. The molecule has 2 aliphatic heterocycles. The molecule has 176 valence electrons. The summed E-state index contributed by atoms with van der Waals surface area (Å²) in [5.74, 6) is -1.59. The number of hydrogen-bond donors (Lipinski definition) is 1. The molecule has 2 aliphatic rings. The number of aryl methyl sites for hydroxylation is 1. The summed E-state index contributed by atoms with van der Waals surface area (Å²) >= 11 is 6.27. The van der Waals surface area contributed by atoms with Crippen LogP contribution < -0.4 is 0 Å². The Hall–Kier alpha value is -3.20. The Morgan fingerprint density at radius 1 is 1.15 bits per heavy atom. The Labute approximate surface area is 202 Å². The van der Waals surface area contributed by atoms with Gasteiger partial charge in [0.25, 0.3) is 11.7 Å². The first-order valence-corrected chi connectivity index (χ1v) is 11.6. The van der Waals surface area contributed by atoms with E-state index < -0.39 is 17.7 Å². The summed E-state index contributed by atoms with van der Waals surface area (Å²) in [6, 6.07) is 11.8. The molecule has 0 radical (unpaired) electrons. The van der Waals surface area contributed by atoms with Crippen LogP contribution in [0, 0.1) is 6.92 Å². The summed E-state index contributed by atoms with van der Waals surface area (Å²) in [5.41, 5.74) is 2.31. The molecule has 1 atom stereocenters. The van der Waals surface area contributed by atoms with E-state index >= 15 is 0 Å². The van der Waals surface area contributed by atoms with Crippen LogP contribution in [0.15, 0.2) is 54.2 Å². The second kappa shape index (κ2) is 9.21. The number of hydrogen-bond acceptors (Lipinski definition) is 6.